The first kappa shape index (κ1) is 18.2. The smallest absolute Gasteiger partial charge is 0.283 e. The van der Waals surface area contributed by atoms with Crippen LogP contribution >= 0.6 is 0 Å². The van der Waals surface area contributed by atoms with Crippen LogP contribution in [0.4, 0.5) is 5.69 Å². The highest BCUT2D eigenvalue weighted by Gasteiger charge is 2.19. The van der Waals surface area contributed by atoms with Crippen molar-refractivity contribution >= 4 is 21.4 Å². The molecule has 0 amide bonds. The summed E-state index contributed by atoms with van der Waals surface area (Å²) < 4.78 is 30.2. The molecule has 0 aliphatic carbocycles. The van der Waals surface area contributed by atoms with Crippen molar-refractivity contribution < 1.29 is 8.42 Å². The van der Waals surface area contributed by atoms with E-state index < -0.39 is 15.3 Å². The highest BCUT2D eigenvalue weighted by Crippen LogP contribution is 2.17. The molecule has 0 spiro atoms. The van der Waals surface area contributed by atoms with E-state index in [-0.39, 0.29) is 12.2 Å². The van der Waals surface area contributed by atoms with Gasteiger partial charge in [-0.25, -0.2) is 17.9 Å². The third-order valence-corrected chi connectivity index (χ3v) is 6.05. The average Bonchev–Trinajstić information content (AvgIpc) is 2.91. The van der Waals surface area contributed by atoms with Crippen molar-refractivity contribution in [2.75, 3.05) is 4.72 Å². The van der Waals surface area contributed by atoms with Gasteiger partial charge in [-0.3, -0.25) is 9.12 Å². The zero-order valence-electron chi connectivity index (χ0n) is 14.8. The van der Waals surface area contributed by atoms with Crippen LogP contribution in [0.25, 0.3) is 5.65 Å². The van der Waals surface area contributed by atoms with Crippen LogP contribution in [0.5, 0.6) is 0 Å². The quantitative estimate of drug-likeness (QED) is 0.688. The van der Waals surface area contributed by atoms with Gasteiger partial charge in [0.05, 0.1) is 11.8 Å². The fraction of sp³-hybridized carbons (Fsp3) is 0.333. The molecule has 1 N–H and O–H groups in total. The van der Waals surface area contributed by atoms with Crippen LogP contribution in [0, 0.1) is 0 Å². The molecule has 0 radical (unpaired) electrons. The number of rotatable bonds is 7. The van der Waals surface area contributed by atoms with Gasteiger partial charge in [0.25, 0.3) is 0 Å². The second-order valence-electron chi connectivity index (χ2n) is 6.32. The van der Waals surface area contributed by atoms with E-state index in [0.29, 0.717) is 17.8 Å². The molecule has 0 unspecified atom stereocenters. The minimum Gasteiger partial charge on any atom is -0.283 e. The predicted molar refractivity (Wildman–Crippen MR) is 102 cm³/mol. The second kappa shape index (κ2) is 7.33. The molecule has 0 saturated carbocycles. The summed E-state index contributed by atoms with van der Waals surface area (Å²) >= 11 is 0. The molecule has 0 saturated heterocycles. The average molecular weight is 374 g/mol. The summed E-state index contributed by atoms with van der Waals surface area (Å²) in [5, 5.41) is 3.83. The Morgan fingerprint density at radius 2 is 2.00 bits per heavy atom. The van der Waals surface area contributed by atoms with Crippen molar-refractivity contribution in [2.24, 2.45) is 0 Å². The van der Waals surface area contributed by atoms with Crippen molar-refractivity contribution in [2.45, 2.75) is 38.5 Å². The van der Waals surface area contributed by atoms with Crippen LogP contribution in [0.15, 0.2) is 53.5 Å². The maximum absolute atomic E-state index is 12.4. The zero-order valence-corrected chi connectivity index (χ0v) is 15.6. The molecular formula is C18H22N4O3S. The van der Waals surface area contributed by atoms with Crippen LogP contribution < -0.4 is 10.4 Å². The van der Waals surface area contributed by atoms with Crippen LogP contribution in [-0.4, -0.2) is 27.8 Å². The van der Waals surface area contributed by atoms with Gasteiger partial charge in [0.2, 0.25) is 10.0 Å². The molecule has 26 heavy (non-hydrogen) atoms. The van der Waals surface area contributed by atoms with Gasteiger partial charge in [-0.1, -0.05) is 31.5 Å². The molecule has 0 aliphatic rings. The fourth-order valence-electron chi connectivity index (χ4n) is 2.80. The Balaban J connectivity index is 1.83. The first-order chi connectivity index (χ1) is 12.4. The number of nitrogens with zero attached hydrogens (tertiary/aromatic N) is 3. The third kappa shape index (κ3) is 3.80. The molecule has 0 bridgehead atoms. The summed E-state index contributed by atoms with van der Waals surface area (Å²) in [5.41, 5.74) is 1.62. The second-order valence-corrected chi connectivity index (χ2v) is 8.41. The van der Waals surface area contributed by atoms with Crippen molar-refractivity contribution in [3.05, 3.63) is 64.7 Å². The monoisotopic (exact) mass is 374 g/mol. The van der Waals surface area contributed by atoms with Gasteiger partial charge in [-0.05, 0) is 43.2 Å². The van der Waals surface area contributed by atoms with Crippen LogP contribution in [0.3, 0.4) is 0 Å². The summed E-state index contributed by atoms with van der Waals surface area (Å²) in [6.45, 7) is 3.92. The van der Waals surface area contributed by atoms with E-state index >= 15 is 0 Å². The summed E-state index contributed by atoms with van der Waals surface area (Å²) in [6, 6.07) is 12.4. The zero-order chi connectivity index (χ0) is 18.7. The molecular weight excluding hydrogens is 352 g/mol. The maximum Gasteiger partial charge on any atom is 0.350 e. The Morgan fingerprint density at radius 3 is 2.73 bits per heavy atom. The number of sulfonamides is 1. The summed E-state index contributed by atoms with van der Waals surface area (Å²) in [4.78, 5) is 12.4. The maximum atomic E-state index is 12.4. The number of hydrogen-bond donors (Lipinski definition) is 1. The van der Waals surface area contributed by atoms with Gasteiger partial charge in [-0.15, -0.1) is 5.10 Å². The molecule has 3 aromatic rings. The first-order valence-electron chi connectivity index (χ1n) is 8.55. The number of anilines is 1. The van der Waals surface area contributed by atoms with Crippen molar-refractivity contribution in [3.63, 3.8) is 0 Å². The molecule has 7 nitrogen and oxygen atoms in total. The number of aromatic nitrogens is 3. The predicted octanol–water partition coefficient (Wildman–Crippen LogP) is 2.47. The number of benzene rings is 1. The Bertz CT molecular complexity index is 1070. The van der Waals surface area contributed by atoms with Crippen molar-refractivity contribution in [1.29, 1.82) is 0 Å². The van der Waals surface area contributed by atoms with Gasteiger partial charge in [-0.2, -0.15) is 0 Å². The largest absolute Gasteiger partial charge is 0.350 e. The van der Waals surface area contributed by atoms with E-state index in [1.165, 1.54) is 9.08 Å². The molecule has 2 heterocycles. The van der Waals surface area contributed by atoms with Crippen LogP contribution in [0.2, 0.25) is 0 Å². The molecule has 1 aromatic carbocycles. The summed E-state index contributed by atoms with van der Waals surface area (Å²) in [5.74, 6) is 0. The Kier molecular flexibility index (Phi) is 5.13. The number of fused-ring (bicyclic) bond motifs is 1. The number of nitrogens with one attached hydrogen (secondary N) is 1. The molecule has 0 aliphatic heterocycles. The van der Waals surface area contributed by atoms with Gasteiger partial charge in [0.1, 0.15) is 0 Å². The third-order valence-electron chi connectivity index (χ3n) is 4.23. The van der Waals surface area contributed by atoms with Crippen LogP contribution in [0.1, 0.15) is 32.3 Å². The van der Waals surface area contributed by atoms with Gasteiger partial charge in [0, 0.05) is 11.9 Å². The van der Waals surface area contributed by atoms with E-state index in [1.54, 1.807) is 43.5 Å². The summed E-state index contributed by atoms with van der Waals surface area (Å²) in [7, 11) is -3.43. The Hall–Kier alpha value is -2.61. The number of hydrogen-bond acceptors (Lipinski definition) is 4. The number of pyridine rings is 1. The molecule has 1 atom stereocenters. The lowest BCUT2D eigenvalue weighted by atomic mass is 10.2. The molecule has 3 rings (SSSR count). The van der Waals surface area contributed by atoms with Gasteiger partial charge >= 0.3 is 5.69 Å². The van der Waals surface area contributed by atoms with E-state index in [2.05, 4.69) is 9.82 Å². The lowest BCUT2D eigenvalue weighted by Gasteiger charge is -2.14. The highest BCUT2D eigenvalue weighted by molar-refractivity contribution is 7.93. The standard InChI is InChI=1S/C18H22N4O3S/c1-3-7-14(2)26(24,25)20-16-9-6-8-15(12-16)13-22-18(23)21-11-5-4-10-17(21)19-22/h4-6,8-12,14,20H,3,7,13H2,1-2H3/t14-/m0/s1. The molecule has 8 heteroatoms. The Morgan fingerprint density at radius 1 is 1.19 bits per heavy atom. The molecule has 0 fully saturated rings. The molecule has 2 aromatic heterocycles. The van der Waals surface area contributed by atoms with Crippen LogP contribution in [-0.2, 0) is 16.6 Å². The minimum absolute atomic E-state index is 0.233. The van der Waals surface area contributed by atoms with Gasteiger partial charge in [0.15, 0.2) is 5.65 Å². The van der Waals surface area contributed by atoms with Crippen molar-refractivity contribution in [3.8, 4) is 0 Å². The van der Waals surface area contributed by atoms with Gasteiger partial charge < -0.3 is 0 Å². The SMILES string of the molecule is CCC[C@H](C)S(=O)(=O)Nc1cccc(Cn2nc3ccccn3c2=O)c1. The fourth-order valence-corrected chi connectivity index (χ4v) is 4.01. The summed E-state index contributed by atoms with van der Waals surface area (Å²) in [6.07, 6.45) is 3.07. The lowest BCUT2D eigenvalue weighted by molar-refractivity contribution is 0.581. The van der Waals surface area contributed by atoms with E-state index in [9.17, 15) is 13.2 Å². The molecule has 138 valence electrons. The van der Waals surface area contributed by atoms with E-state index in [1.807, 2.05) is 19.1 Å². The lowest BCUT2D eigenvalue weighted by Crippen LogP contribution is -2.25. The topological polar surface area (TPSA) is 85.5 Å². The van der Waals surface area contributed by atoms with Crippen molar-refractivity contribution in [1.82, 2.24) is 14.2 Å². The normalized spacial score (nSPS) is 13.0. The highest BCUT2D eigenvalue weighted by atomic mass is 32.2. The Labute approximate surface area is 152 Å². The minimum atomic E-state index is -3.43. The first-order valence-corrected chi connectivity index (χ1v) is 10.1. The van der Waals surface area contributed by atoms with E-state index in [4.69, 9.17) is 0 Å². The van der Waals surface area contributed by atoms with E-state index in [0.717, 1.165) is 12.0 Å².